The van der Waals surface area contributed by atoms with Crippen molar-refractivity contribution in [1.82, 2.24) is 4.90 Å². The number of hydrogen-bond donors (Lipinski definition) is 0. The molecule has 1 amide bonds. The van der Waals surface area contributed by atoms with E-state index in [0.29, 0.717) is 30.2 Å². The van der Waals surface area contributed by atoms with Gasteiger partial charge in [-0.25, -0.2) is 0 Å². The Hall–Kier alpha value is -3.87. The first-order valence-corrected chi connectivity index (χ1v) is 9.89. The van der Waals surface area contributed by atoms with Crippen LogP contribution in [0.2, 0.25) is 0 Å². The van der Waals surface area contributed by atoms with E-state index in [1.807, 2.05) is 37.3 Å². The standard InChI is InChI=1S/C24H24N2O5/c1-3-25(16-18-7-5-4-6-8-18)24(27)17-31-23-14-11-20(26(28)29)15-22(23)19-9-12-21(30-2)13-10-19/h4-15H,3,16-17H2,1-2H3. The maximum atomic E-state index is 12.7. The first kappa shape index (κ1) is 21.8. The van der Waals surface area contributed by atoms with E-state index in [0.717, 1.165) is 11.1 Å². The first-order valence-electron chi connectivity index (χ1n) is 9.89. The second-order valence-corrected chi connectivity index (χ2v) is 6.85. The summed E-state index contributed by atoms with van der Waals surface area (Å²) >= 11 is 0. The summed E-state index contributed by atoms with van der Waals surface area (Å²) in [5.41, 5.74) is 2.25. The van der Waals surface area contributed by atoms with Gasteiger partial charge in [0.25, 0.3) is 11.6 Å². The number of carbonyl (C=O) groups excluding carboxylic acids is 1. The minimum atomic E-state index is -0.458. The molecule has 0 aliphatic carbocycles. The number of methoxy groups -OCH3 is 1. The van der Waals surface area contributed by atoms with E-state index in [-0.39, 0.29) is 18.2 Å². The number of hydrogen-bond acceptors (Lipinski definition) is 5. The average molecular weight is 420 g/mol. The van der Waals surface area contributed by atoms with Gasteiger partial charge in [-0.3, -0.25) is 14.9 Å². The molecule has 0 unspecified atom stereocenters. The number of non-ortho nitro benzene ring substituents is 1. The van der Waals surface area contributed by atoms with Crippen LogP contribution in [0.4, 0.5) is 5.69 Å². The molecule has 0 aromatic heterocycles. The summed E-state index contributed by atoms with van der Waals surface area (Å²) in [7, 11) is 1.57. The van der Waals surface area contributed by atoms with Crippen LogP contribution in [0.15, 0.2) is 72.8 Å². The lowest BCUT2D eigenvalue weighted by Gasteiger charge is -2.21. The van der Waals surface area contributed by atoms with Crippen molar-refractivity contribution in [3.05, 3.63) is 88.5 Å². The molecule has 0 saturated carbocycles. The zero-order chi connectivity index (χ0) is 22.2. The second kappa shape index (κ2) is 10.2. The fourth-order valence-electron chi connectivity index (χ4n) is 3.16. The van der Waals surface area contributed by atoms with Gasteiger partial charge < -0.3 is 14.4 Å². The van der Waals surface area contributed by atoms with E-state index < -0.39 is 4.92 Å². The van der Waals surface area contributed by atoms with Gasteiger partial charge in [-0.05, 0) is 36.2 Å². The molecule has 160 valence electrons. The Labute approximate surface area is 181 Å². The highest BCUT2D eigenvalue weighted by molar-refractivity contribution is 5.79. The second-order valence-electron chi connectivity index (χ2n) is 6.85. The van der Waals surface area contributed by atoms with Crippen LogP contribution in [-0.2, 0) is 11.3 Å². The molecule has 0 aliphatic heterocycles. The lowest BCUT2D eigenvalue weighted by molar-refractivity contribution is -0.384. The topological polar surface area (TPSA) is 81.9 Å². The van der Waals surface area contributed by atoms with E-state index in [2.05, 4.69) is 0 Å². The van der Waals surface area contributed by atoms with Gasteiger partial charge in [0.05, 0.1) is 12.0 Å². The molecular formula is C24H24N2O5. The maximum absolute atomic E-state index is 12.7. The molecule has 0 saturated heterocycles. The number of rotatable bonds is 9. The third-order valence-electron chi connectivity index (χ3n) is 4.88. The predicted molar refractivity (Wildman–Crippen MR) is 118 cm³/mol. The molecule has 0 fully saturated rings. The minimum Gasteiger partial charge on any atom is -0.497 e. The van der Waals surface area contributed by atoms with Crippen molar-refractivity contribution in [2.45, 2.75) is 13.5 Å². The molecule has 3 aromatic rings. The molecule has 0 aliphatic rings. The number of amides is 1. The highest BCUT2D eigenvalue weighted by Gasteiger charge is 2.17. The smallest absolute Gasteiger partial charge is 0.270 e. The summed E-state index contributed by atoms with van der Waals surface area (Å²) in [6.07, 6.45) is 0. The van der Waals surface area contributed by atoms with Gasteiger partial charge in [0.1, 0.15) is 11.5 Å². The molecule has 0 radical (unpaired) electrons. The van der Waals surface area contributed by atoms with Gasteiger partial charge in [0.15, 0.2) is 6.61 Å². The minimum absolute atomic E-state index is 0.0521. The highest BCUT2D eigenvalue weighted by Crippen LogP contribution is 2.34. The monoisotopic (exact) mass is 420 g/mol. The number of carbonyl (C=O) groups is 1. The number of ether oxygens (including phenoxy) is 2. The van der Waals surface area contributed by atoms with Crippen molar-refractivity contribution in [3.8, 4) is 22.6 Å². The lowest BCUT2D eigenvalue weighted by Crippen LogP contribution is -2.34. The zero-order valence-electron chi connectivity index (χ0n) is 17.5. The third kappa shape index (κ3) is 5.60. The third-order valence-corrected chi connectivity index (χ3v) is 4.88. The van der Waals surface area contributed by atoms with Crippen molar-refractivity contribution >= 4 is 11.6 Å². The fourth-order valence-corrected chi connectivity index (χ4v) is 3.16. The van der Waals surface area contributed by atoms with E-state index in [9.17, 15) is 14.9 Å². The van der Waals surface area contributed by atoms with Crippen LogP contribution in [-0.4, -0.2) is 36.0 Å². The molecule has 0 N–H and O–H groups in total. The number of nitro benzene ring substituents is 1. The Morgan fingerprint density at radius 2 is 1.74 bits per heavy atom. The van der Waals surface area contributed by atoms with Crippen LogP contribution in [0.1, 0.15) is 12.5 Å². The van der Waals surface area contributed by atoms with Crippen LogP contribution >= 0.6 is 0 Å². The Morgan fingerprint density at radius 1 is 1.03 bits per heavy atom. The number of likely N-dealkylation sites (N-methyl/N-ethyl adjacent to an activating group) is 1. The molecule has 0 atom stereocenters. The van der Waals surface area contributed by atoms with Crippen molar-refractivity contribution in [2.24, 2.45) is 0 Å². The van der Waals surface area contributed by atoms with Gasteiger partial charge in [-0.2, -0.15) is 0 Å². The highest BCUT2D eigenvalue weighted by atomic mass is 16.6. The Morgan fingerprint density at radius 3 is 2.35 bits per heavy atom. The van der Waals surface area contributed by atoms with Crippen molar-refractivity contribution in [1.29, 1.82) is 0 Å². The van der Waals surface area contributed by atoms with E-state index >= 15 is 0 Å². The number of nitrogens with zero attached hydrogens (tertiary/aromatic N) is 2. The molecule has 0 bridgehead atoms. The summed E-state index contributed by atoms with van der Waals surface area (Å²) in [4.78, 5) is 25.2. The first-order chi connectivity index (χ1) is 15.0. The zero-order valence-corrected chi connectivity index (χ0v) is 17.5. The largest absolute Gasteiger partial charge is 0.497 e. The van der Waals surface area contributed by atoms with Crippen LogP contribution < -0.4 is 9.47 Å². The van der Waals surface area contributed by atoms with E-state index in [4.69, 9.17) is 9.47 Å². The lowest BCUT2D eigenvalue weighted by atomic mass is 10.0. The van der Waals surface area contributed by atoms with Crippen molar-refractivity contribution in [3.63, 3.8) is 0 Å². The van der Waals surface area contributed by atoms with Gasteiger partial charge in [-0.15, -0.1) is 0 Å². The number of benzene rings is 3. The van der Waals surface area contributed by atoms with Gasteiger partial charge in [-0.1, -0.05) is 42.5 Å². The Bertz CT molecular complexity index is 1040. The van der Waals surface area contributed by atoms with Gasteiger partial charge >= 0.3 is 0 Å². The van der Waals surface area contributed by atoms with Crippen LogP contribution in [0.25, 0.3) is 11.1 Å². The molecule has 0 heterocycles. The molecule has 0 spiro atoms. The normalized spacial score (nSPS) is 10.4. The quantitative estimate of drug-likeness (QED) is 0.370. The van der Waals surface area contributed by atoms with Gasteiger partial charge in [0, 0.05) is 30.8 Å². The van der Waals surface area contributed by atoms with Crippen molar-refractivity contribution in [2.75, 3.05) is 20.3 Å². The van der Waals surface area contributed by atoms with E-state index in [1.54, 1.807) is 36.3 Å². The maximum Gasteiger partial charge on any atom is 0.270 e. The molecule has 3 rings (SSSR count). The number of nitro groups is 1. The van der Waals surface area contributed by atoms with Crippen molar-refractivity contribution < 1.29 is 19.2 Å². The molecule has 7 heteroatoms. The molecular weight excluding hydrogens is 396 g/mol. The van der Waals surface area contributed by atoms with E-state index in [1.165, 1.54) is 18.2 Å². The fraction of sp³-hybridized carbons (Fsp3) is 0.208. The van der Waals surface area contributed by atoms with Crippen LogP contribution in [0, 0.1) is 10.1 Å². The SMILES string of the molecule is CCN(Cc1ccccc1)C(=O)COc1ccc([N+](=O)[O-])cc1-c1ccc(OC)cc1. The summed E-state index contributed by atoms with van der Waals surface area (Å²) in [5, 5.41) is 11.2. The summed E-state index contributed by atoms with van der Waals surface area (Å²) in [6.45, 7) is 2.78. The average Bonchev–Trinajstić information content (AvgIpc) is 2.81. The molecule has 7 nitrogen and oxygen atoms in total. The molecule has 31 heavy (non-hydrogen) atoms. The Balaban J connectivity index is 1.79. The predicted octanol–water partition coefficient (Wildman–Crippen LogP) is 4.70. The summed E-state index contributed by atoms with van der Waals surface area (Å²) in [6, 6.07) is 21.2. The molecule has 3 aromatic carbocycles. The van der Waals surface area contributed by atoms with Crippen LogP contribution in [0.5, 0.6) is 11.5 Å². The Kier molecular flexibility index (Phi) is 7.22. The van der Waals surface area contributed by atoms with Crippen LogP contribution in [0.3, 0.4) is 0 Å². The van der Waals surface area contributed by atoms with Gasteiger partial charge in [0.2, 0.25) is 0 Å². The summed E-state index contributed by atoms with van der Waals surface area (Å²) in [5.74, 6) is 0.914. The summed E-state index contributed by atoms with van der Waals surface area (Å²) < 4.78 is 11.0.